The van der Waals surface area contributed by atoms with Gasteiger partial charge in [0.25, 0.3) is 0 Å². The number of piperidine rings is 1. The van der Waals surface area contributed by atoms with Gasteiger partial charge in [-0.05, 0) is 36.5 Å². The molecule has 0 aliphatic carbocycles. The third-order valence-electron chi connectivity index (χ3n) is 5.95. The number of nitrogens with one attached hydrogen (secondary N) is 2. The van der Waals surface area contributed by atoms with Gasteiger partial charge in [-0.2, -0.15) is 5.10 Å². The van der Waals surface area contributed by atoms with Crippen molar-refractivity contribution in [3.63, 3.8) is 0 Å². The van der Waals surface area contributed by atoms with E-state index in [1.807, 2.05) is 6.07 Å². The van der Waals surface area contributed by atoms with Crippen LogP contribution in [0, 0.1) is 5.82 Å². The number of aromatic nitrogens is 2. The third-order valence-corrected chi connectivity index (χ3v) is 5.95. The number of morpholine rings is 1. The van der Waals surface area contributed by atoms with Gasteiger partial charge in [-0.25, -0.2) is 9.18 Å². The monoisotopic (exact) mass is 387 g/mol. The first-order valence-corrected chi connectivity index (χ1v) is 9.61. The normalized spacial score (nSPS) is 27.9. The number of rotatable bonds is 2. The number of halogens is 1. The molecule has 2 bridgehead atoms. The Morgan fingerprint density at radius 2 is 1.96 bits per heavy atom. The van der Waals surface area contributed by atoms with Crippen LogP contribution in [-0.4, -0.2) is 53.6 Å². The molecule has 1 aromatic heterocycles. The Kier molecular flexibility index (Phi) is 4.09. The van der Waals surface area contributed by atoms with Crippen molar-refractivity contribution in [3.8, 4) is 0 Å². The minimum Gasteiger partial charge on any atom is -0.378 e. The van der Waals surface area contributed by atoms with E-state index in [0.717, 1.165) is 18.4 Å². The lowest BCUT2D eigenvalue weighted by Crippen LogP contribution is -2.53. The highest BCUT2D eigenvalue weighted by atomic mass is 19.1. The van der Waals surface area contributed by atoms with Crippen molar-refractivity contribution >= 4 is 28.7 Å². The van der Waals surface area contributed by atoms with Gasteiger partial charge in [0.1, 0.15) is 5.82 Å². The number of aryl methyl sites for hydroxylation is 1. The second kappa shape index (κ2) is 6.52. The molecule has 3 saturated heterocycles. The highest BCUT2D eigenvalue weighted by Crippen LogP contribution is 2.37. The summed E-state index contributed by atoms with van der Waals surface area (Å²) in [5.74, 6) is -0.0844. The van der Waals surface area contributed by atoms with E-state index in [9.17, 15) is 9.59 Å². The lowest BCUT2D eigenvalue weighted by atomic mass is 9.82. The van der Waals surface area contributed by atoms with E-state index < -0.39 is 6.03 Å². The topological polar surface area (TPSA) is 88.5 Å². The van der Waals surface area contributed by atoms with Crippen LogP contribution in [0.1, 0.15) is 30.7 Å². The Balaban J connectivity index is 1.52. The van der Waals surface area contributed by atoms with Gasteiger partial charge in [0.2, 0.25) is 5.91 Å². The van der Waals surface area contributed by atoms with Crippen LogP contribution in [0.15, 0.2) is 12.1 Å². The smallest absolute Gasteiger partial charge is 0.329 e. The van der Waals surface area contributed by atoms with Crippen molar-refractivity contribution in [3.05, 3.63) is 23.5 Å². The SMILES string of the molecule is Cn1nc(N2CCC(=O)NC2=O)c2cc(F)c(C3CC4COCC(C3)N4)cc21. The summed E-state index contributed by atoms with van der Waals surface area (Å²) in [6.45, 7) is 1.56. The number of hydrogen-bond acceptors (Lipinski definition) is 5. The van der Waals surface area contributed by atoms with E-state index in [1.165, 1.54) is 11.0 Å². The Morgan fingerprint density at radius 3 is 2.68 bits per heavy atom. The average Bonchev–Trinajstić information content (AvgIpc) is 2.96. The molecule has 2 N–H and O–H groups in total. The highest BCUT2D eigenvalue weighted by molar-refractivity contribution is 6.08. The van der Waals surface area contributed by atoms with Crippen LogP contribution >= 0.6 is 0 Å². The number of amides is 3. The molecule has 5 rings (SSSR count). The predicted molar refractivity (Wildman–Crippen MR) is 99.7 cm³/mol. The molecule has 8 nitrogen and oxygen atoms in total. The zero-order chi connectivity index (χ0) is 19.4. The van der Waals surface area contributed by atoms with Crippen LogP contribution in [0.3, 0.4) is 0 Å². The van der Waals surface area contributed by atoms with Crippen LogP contribution < -0.4 is 15.5 Å². The number of carbonyl (C=O) groups is 2. The van der Waals surface area contributed by atoms with E-state index in [0.29, 0.717) is 30.0 Å². The van der Waals surface area contributed by atoms with Crippen molar-refractivity contribution in [1.29, 1.82) is 0 Å². The van der Waals surface area contributed by atoms with Crippen LogP contribution in [0.2, 0.25) is 0 Å². The molecule has 2 unspecified atom stereocenters. The minimum absolute atomic E-state index is 0.124. The van der Waals surface area contributed by atoms with Crippen molar-refractivity contribution in [2.75, 3.05) is 24.7 Å². The van der Waals surface area contributed by atoms with E-state index in [4.69, 9.17) is 4.74 Å². The number of hydrogen-bond donors (Lipinski definition) is 2. The molecular weight excluding hydrogens is 365 g/mol. The Morgan fingerprint density at radius 1 is 1.21 bits per heavy atom. The summed E-state index contributed by atoms with van der Waals surface area (Å²) in [4.78, 5) is 25.0. The van der Waals surface area contributed by atoms with E-state index in [-0.39, 0.29) is 42.7 Å². The Bertz CT molecular complexity index is 962. The standard InChI is InChI=1S/C19H22FN5O3/c1-24-16-7-13(10-4-11-8-28-9-12(5-10)21-11)15(20)6-14(16)18(23-24)25-3-2-17(26)22-19(25)27/h6-7,10-12,21H,2-5,8-9H2,1H3,(H,22,26,27). The zero-order valence-corrected chi connectivity index (χ0v) is 15.6. The van der Waals surface area contributed by atoms with Gasteiger partial charge >= 0.3 is 6.03 Å². The summed E-state index contributed by atoms with van der Waals surface area (Å²) in [5.41, 5.74) is 1.47. The average molecular weight is 387 g/mol. The first-order chi connectivity index (χ1) is 13.5. The number of urea groups is 1. The molecule has 3 fully saturated rings. The molecule has 3 aliphatic heterocycles. The van der Waals surface area contributed by atoms with Crippen molar-refractivity contribution in [2.45, 2.75) is 37.3 Å². The van der Waals surface area contributed by atoms with Gasteiger partial charge in [0, 0.05) is 37.5 Å². The van der Waals surface area contributed by atoms with Crippen LogP contribution in [0.5, 0.6) is 0 Å². The molecule has 9 heteroatoms. The van der Waals surface area contributed by atoms with Gasteiger partial charge in [-0.3, -0.25) is 19.7 Å². The summed E-state index contributed by atoms with van der Waals surface area (Å²) in [6, 6.07) is 3.33. The predicted octanol–water partition coefficient (Wildman–Crippen LogP) is 1.39. The third kappa shape index (κ3) is 2.85. The molecule has 0 radical (unpaired) electrons. The zero-order valence-electron chi connectivity index (χ0n) is 15.6. The molecule has 0 spiro atoms. The maximum absolute atomic E-state index is 15.1. The highest BCUT2D eigenvalue weighted by Gasteiger charge is 2.34. The lowest BCUT2D eigenvalue weighted by molar-refractivity contribution is -0.120. The molecule has 3 amide bonds. The lowest BCUT2D eigenvalue weighted by Gasteiger charge is -2.40. The van der Waals surface area contributed by atoms with Gasteiger partial charge < -0.3 is 10.1 Å². The fourth-order valence-corrected chi connectivity index (χ4v) is 4.64. The molecule has 2 atom stereocenters. The molecule has 148 valence electrons. The molecule has 28 heavy (non-hydrogen) atoms. The molecule has 1 aromatic carbocycles. The quantitative estimate of drug-likeness (QED) is 0.813. The van der Waals surface area contributed by atoms with Crippen molar-refractivity contribution in [2.24, 2.45) is 7.05 Å². The minimum atomic E-state index is -0.521. The van der Waals surface area contributed by atoms with Crippen LogP contribution in [0.4, 0.5) is 15.0 Å². The number of imide groups is 1. The van der Waals surface area contributed by atoms with Gasteiger partial charge in [0.15, 0.2) is 5.82 Å². The number of carbonyl (C=O) groups excluding carboxylic acids is 2. The van der Waals surface area contributed by atoms with E-state index in [1.54, 1.807) is 11.7 Å². The number of ether oxygens (including phenoxy) is 1. The maximum atomic E-state index is 15.1. The van der Waals surface area contributed by atoms with E-state index in [2.05, 4.69) is 15.7 Å². The van der Waals surface area contributed by atoms with Crippen LogP contribution in [-0.2, 0) is 16.6 Å². The first-order valence-electron chi connectivity index (χ1n) is 9.61. The number of benzene rings is 1. The molecule has 2 aromatic rings. The second-order valence-electron chi connectivity index (χ2n) is 7.86. The largest absolute Gasteiger partial charge is 0.378 e. The molecule has 4 heterocycles. The van der Waals surface area contributed by atoms with E-state index >= 15 is 4.39 Å². The summed E-state index contributed by atoms with van der Waals surface area (Å²) in [6.07, 6.45) is 1.87. The van der Waals surface area contributed by atoms with Gasteiger partial charge in [-0.15, -0.1) is 0 Å². The molecule has 0 saturated carbocycles. The second-order valence-corrected chi connectivity index (χ2v) is 7.86. The van der Waals surface area contributed by atoms with Crippen LogP contribution in [0.25, 0.3) is 10.9 Å². The molecule has 3 aliphatic rings. The number of fused-ring (bicyclic) bond motifs is 3. The number of anilines is 1. The fourth-order valence-electron chi connectivity index (χ4n) is 4.64. The van der Waals surface area contributed by atoms with Gasteiger partial charge in [0.05, 0.1) is 18.7 Å². The first kappa shape index (κ1) is 17.6. The maximum Gasteiger partial charge on any atom is 0.329 e. The Labute approximate surface area is 161 Å². The summed E-state index contributed by atoms with van der Waals surface area (Å²) < 4.78 is 22.4. The summed E-state index contributed by atoms with van der Waals surface area (Å²) >= 11 is 0. The summed E-state index contributed by atoms with van der Waals surface area (Å²) in [7, 11) is 1.78. The number of nitrogens with zero attached hydrogens (tertiary/aromatic N) is 3. The molecular formula is C19H22FN5O3. The van der Waals surface area contributed by atoms with Crippen molar-refractivity contribution < 1.29 is 18.7 Å². The van der Waals surface area contributed by atoms with Gasteiger partial charge in [-0.1, -0.05) is 0 Å². The summed E-state index contributed by atoms with van der Waals surface area (Å²) in [5, 5.41) is 10.8. The fraction of sp³-hybridized carbons (Fsp3) is 0.526. The Hall–Kier alpha value is -2.52. The van der Waals surface area contributed by atoms with Crippen molar-refractivity contribution in [1.82, 2.24) is 20.4 Å².